The molecule has 3 aliphatic rings. The van der Waals surface area contributed by atoms with Crippen LogP contribution in [0.2, 0.25) is 0 Å². The summed E-state index contributed by atoms with van der Waals surface area (Å²) in [4.78, 5) is 19.0. The van der Waals surface area contributed by atoms with Crippen LogP contribution in [-0.4, -0.2) is 49.5 Å². The van der Waals surface area contributed by atoms with Gasteiger partial charge in [-0.25, -0.2) is 0 Å². The largest absolute Gasteiger partial charge is 0.356 e. The van der Waals surface area contributed by atoms with Crippen molar-refractivity contribution < 1.29 is 4.79 Å². The van der Waals surface area contributed by atoms with Gasteiger partial charge in [-0.05, 0) is 43.9 Å². The van der Waals surface area contributed by atoms with Crippen LogP contribution < -0.4 is 10.6 Å². The summed E-state index contributed by atoms with van der Waals surface area (Å²) >= 11 is 0. The summed E-state index contributed by atoms with van der Waals surface area (Å²) in [5.41, 5.74) is 0. The third kappa shape index (κ3) is 5.11. The molecule has 3 fully saturated rings. The van der Waals surface area contributed by atoms with Crippen molar-refractivity contribution in [3.8, 4) is 0 Å². The first-order valence-electron chi connectivity index (χ1n) is 10.4. The van der Waals surface area contributed by atoms with Gasteiger partial charge in [-0.15, -0.1) is 0 Å². The molecule has 1 amide bonds. The lowest BCUT2D eigenvalue weighted by molar-refractivity contribution is -0.134. The molecule has 1 aliphatic heterocycles. The van der Waals surface area contributed by atoms with Gasteiger partial charge in [0.25, 0.3) is 0 Å². The highest BCUT2D eigenvalue weighted by Crippen LogP contribution is 2.28. The summed E-state index contributed by atoms with van der Waals surface area (Å²) in [5.74, 6) is 3.26. The van der Waals surface area contributed by atoms with E-state index in [1.807, 2.05) is 7.05 Å². The molecule has 5 heteroatoms. The Labute approximate surface area is 153 Å². The monoisotopic (exact) mass is 348 g/mol. The Morgan fingerprint density at radius 3 is 2.48 bits per heavy atom. The van der Waals surface area contributed by atoms with Gasteiger partial charge >= 0.3 is 0 Å². The molecule has 0 bridgehead atoms. The standard InChI is InChI=1S/C20H36N4O/c1-15-7-9-16(10-8-15)13-22-20(21-2)23-18-11-12-24(14-18)19(25)17-5-3-4-6-17/h15-18H,3-14H2,1-2H3,(H2,21,22,23). The number of carbonyl (C=O) groups is 1. The zero-order chi connectivity index (χ0) is 17.6. The Morgan fingerprint density at radius 2 is 1.80 bits per heavy atom. The first-order chi connectivity index (χ1) is 12.2. The van der Waals surface area contributed by atoms with E-state index in [-0.39, 0.29) is 0 Å². The van der Waals surface area contributed by atoms with Gasteiger partial charge in [0.05, 0.1) is 0 Å². The molecule has 1 heterocycles. The Kier molecular flexibility index (Phi) is 6.60. The molecule has 1 saturated heterocycles. The Hall–Kier alpha value is -1.26. The lowest BCUT2D eigenvalue weighted by atomic mass is 9.83. The van der Waals surface area contributed by atoms with E-state index in [4.69, 9.17) is 0 Å². The van der Waals surface area contributed by atoms with E-state index in [0.29, 0.717) is 17.9 Å². The van der Waals surface area contributed by atoms with Crippen LogP contribution in [0.25, 0.3) is 0 Å². The van der Waals surface area contributed by atoms with Crippen molar-refractivity contribution in [3.63, 3.8) is 0 Å². The predicted molar refractivity (Wildman–Crippen MR) is 103 cm³/mol. The Morgan fingerprint density at radius 1 is 1.08 bits per heavy atom. The molecule has 142 valence electrons. The van der Waals surface area contributed by atoms with Crippen molar-refractivity contribution in [1.82, 2.24) is 15.5 Å². The van der Waals surface area contributed by atoms with Crippen molar-refractivity contribution in [1.29, 1.82) is 0 Å². The molecular formula is C20H36N4O. The SMILES string of the molecule is CN=C(NCC1CCC(C)CC1)NC1CCN(C(=O)C2CCCC2)C1. The molecule has 0 radical (unpaired) electrons. The molecule has 2 aliphatic carbocycles. The van der Waals surface area contributed by atoms with Crippen LogP contribution >= 0.6 is 0 Å². The number of aliphatic imine (C=N–C) groups is 1. The zero-order valence-electron chi connectivity index (χ0n) is 16.1. The lowest BCUT2D eigenvalue weighted by Crippen LogP contribution is -2.46. The predicted octanol–water partition coefficient (Wildman–Crippen LogP) is 2.77. The van der Waals surface area contributed by atoms with Crippen molar-refractivity contribution in [2.45, 2.75) is 70.8 Å². The number of likely N-dealkylation sites (tertiary alicyclic amines) is 1. The van der Waals surface area contributed by atoms with Crippen LogP contribution in [0.5, 0.6) is 0 Å². The highest BCUT2D eigenvalue weighted by Gasteiger charge is 2.32. The lowest BCUT2D eigenvalue weighted by Gasteiger charge is -2.27. The maximum Gasteiger partial charge on any atom is 0.225 e. The molecule has 0 aromatic carbocycles. The smallest absolute Gasteiger partial charge is 0.225 e. The van der Waals surface area contributed by atoms with E-state index in [1.54, 1.807) is 0 Å². The summed E-state index contributed by atoms with van der Waals surface area (Å²) < 4.78 is 0. The minimum absolute atomic E-state index is 0.296. The van der Waals surface area contributed by atoms with Crippen LogP contribution in [0, 0.1) is 17.8 Å². The Bertz CT molecular complexity index is 464. The summed E-state index contributed by atoms with van der Waals surface area (Å²) in [6.45, 7) is 5.11. The fourth-order valence-electron chi connectivity index (χ4n) is 4.67. The molecule has 25 heavy (non-hydrogen) atoms. The normalized spacial score (nSPS) is 31.4. The van der Waals surface area contributed by atoms with Crippen LogP contribution in [0.1, 0.15) is 64.7 Å². The minimum Gasteiger partial charge on any atom is -0.356 e. The van der Waals surface area contributed by atoms with Crippen molar-refractivity contribution in [2.75, 3.05) is 26.7 Å². The van der Waals surface area contributed by atoms with Gasteiger partial charge in [-0.3, -0.25) is 9.79 Å². The summed E-state index contributed by atoms with van der Waals surface area (Å²) in [7, 11) is 1.84. The summed E-state index contributed by atoms with van der Waals surface area (Å²) in [5, 5.41) is 7.05. The number of rotatable bonds is 4. The van der Waals surface area contributed by atoms with Gasteiger partial charge in [-0.1, -0.05) is 32.6 Å². The van der Waals surface area contributed by atoms with Crippen LogP contribution in [0.15, 0.2) is 4.99 Å². The fourth-order valence-corrected chi connectivity index (χ4v) is 4.67. The third-order valence-electron chi connectivity index (χ3n) is 6.46. The van der Waals surface area contributed by atoms with Crippen molar-refractivity contribution in [3.05, 3.63) is 0 Å². The van der Waals surface area contributed by atoms with Gasteiger partial charge in [0, 0.05) is 38.6 Å². The third-order valence-corrected chi connectivity index (χ3v) is 6.46. The van der Waals surface area contributed by atoms with E-state index in [9.17, 15) is 4.79 Å². The molecule has 0 aromatic heterocycles. The number of hydrogen-bond donors (Lipinski definition) is 2. The average Bonchev–Trinajstić information content (AvgIpc) is 3.31. The highest BCUT2D eigenvalue weighted by atomic mass is 16.2. The quantitative estimate of drug-likeness (QED) is 0.607. The molecule has 1 atom stereocenters. The maximum atomic E-state index is 12.6. The minimum atomic E-state index is 0.296. The highest BCUT2D eigenvalue weighted by molar-refractivity contribution is 5.81. The first kappa shape index (κ1) is 18.5. The van der Waals surface area contributed by atoms with Gasteiger partial charge in [0.2, 0.25) is 5.91 Å². The number of amides is 1. The zero-order valence-corrected chi connectivity index (χ0v) is 16.1. The average molecular weight is 349 g/mol. The van der Waals surface area contributed by atoms with Gasteiger partial charge in [-0.2, -0.15) is 0 Å². The second-order valence-corrected chi connectivity index (χ2v) is 8.47. The molecule has 1 unspecified atom stereocenters. The van der Waals surface area contributed by atoms with Gasteiger partial charge in [0.15, 0.2) is 5.96 Å². The fraction of sp³-hybridized carbons (Fsp3) is 0.900. The number of carbonyl (C=O) groups excluding carboxylic acids is 1. The molecule has 3 rings (SSSR count). The van der Waals surface area contributed by atoms with E-state index >= 15 is 0 Å². The van der Waals surface area contributed by atoms with E-state index in [0.717, 1.165) is 56.7 Å². The van der Waals surface area contributed by atoms with E-state index in [1.165, 1.54) is 38.5 Å². The second kappa shape index (κ2) is 8.91. The number of hydrogen-bond acceptors (Lipinski definition) is 2. The van der Waals surface area contributed by atoms with Crippen LogP contribution in [0.4, 0.5) is 0 Å². The maximum absolute atomic E-state index is 12.6. The number of nitrogens with one attached hydrogen (secondary N) is 2. The van der Waals surface area contributed by atoms with Gasteiger partial charge in [0.1, 0.15) is 0 Å². The van der Waals surface area contributed by atoms with E-state index < -0.39 is 0 Å². The molecule has 0 aromatic rings. The summed E-state index contributed by atoms with van der Waals surface area (Å²) in [6.07, 6.45) is 11.0. The second-order valence-electron chi connectivity index (χ2n) is 8.47. The Balaban J connectivity index is 1.39. The topological polar surface area (TPSA) is 56.7 Å². The number of guanidine groups is 1. The van der Waals surface area contributed by atoms with Crippen molar-refractivity contribution in [2.24, 2.45) is 22.7 Å². The molecule has 5 nitrogen and oxygen atoms in total. The molecule has 0 spiro atoms. The molecular weight excluding hydrogens is 312 g/mol. The summed E-state index contributed by atoms with van der Waals surface area (Å²) in [6, 6.07) is 0.336. The molecule has 2 saturated carbocycles. The van der Waals surface area contributed by atoms with E-state index in [2.05, 4.69) is 27.4 Å². The van der Waals surface area contributed by atoms with Gasteiger partial charge < -0.3 is 15.5 Å². The van der Waals surface area contributed by atoms with Crippen LogP contribution in [-0.2, 0) is 4.79 Å². The van der Waals surface area contributed by atoms with Crippen molar-refractivity contribution >= 4 is 11.9 Å². The first-order valence-corrected chi connectivity index (χ1v) is 10.4. The number of nitrogens with zero attached hydrogens (tertiary/aromatic N) is 2. The molecule has 2 N–H and O–H groups in total. The van der Waals surface area contributed by atoms with Crippen LogP contribution in [0.3, 0.4) is 0 Å².